The van der Waals surface area contributed by atoms with Crippen LogP contribution in [0, 0.1) is 5.92 Å². The molecule has 1 aromatic rings. The molecular formula is C11H17NS. The van der Waals surface area contributed by atoms with Gasteiger partial charge < -0.3 is 5.73 Å². The fraction of sp³-hybridized carbons (Fsp3) is 0.455. The minimum atomic E-state index is 0.656. The largest absolute Gasteiger partial charge is 0.399 e. The van der Waals surface area contributed by atoms with Crippen LogP contribution in [0.1, 0.15) is 20.8 Å². The minimum absolute atomic E-state index is 0.656. The Morgan fingerprint density at radius 2 is 1.62 bits per heavy atom. The third kappa shape index (κ3) is 3.31. The first-order valence-electron chi connectivity index (χ1n) is 4.62. The smallest absolute Gasteiger partial charge is 0.0314 e. The zero-order valence-electron chi connectivity index (χ0n) is 8.45. The van der Waals surface area contributed by atoms with Crippen molar-refractivity contribution in [3.63, 3.8) is 0 Å². The summed E-state index contributed by atoms with van der Waals surface area (Å²) in [6, 6.07) is 8.07. The van der Waals surface area contributed by atoms with Crippen molar-refractivity contribution in [2.45, 2.75) is 30.9 Å². The standard InChI is InChI=1S/C11H17NS/c1-8(2)9(3)13-11-6-4-10(12)5-7-11/h4-9H,12H2,1-3H3. The molecule has 0 aliphatic carbocycles. The number of nitrogens with two attached hydrogens (primary N) is 1. The Morgan fingerprint density at radius 1 is 1.08 bits per heavy atom. The van der Waals surface area contributed by atoms with Crippen molar-refractivity contribution < 1.29 is 0 Å². The minimum Gasteiger partial charge on any atom is -0.399 e. The number of hydrogen-bond donors (Lipinski definition) is 1. The zero-order valence-corrected chi connectivity index (χ0v) is 9.27. The Balaban J connectivity index is 2.59. The SMILES string of the molecule is CC(C)C(C)Sc1ccc(N)cc1. The van der Waals surface area contributed by atoms with Crippen LogP contribution in [0.2, 0.25) is 0 Å². The number of anilines is 1. The summed E-state index contributed by atoms with van der Waals surface area (Å²) in [6.07, 6.45) is 0. The third-order valence-electron chi connectivity index (χ3n) is 2.14. The van der Waals surface area contributed by atoms with Gasteiger partial charge in [0.2, 0.25) is 0 Å². The molecule has 0 aliphatic heterocycles. The molecule has 1 rings (SSSR count). The molecule has 1 nitrogen and oxygen atoms in total. The van der Waals surface area contributed by atoms with Crippen molar-refractivity contribution >= 4 is 17.4 Å². The Labute approximate surface area is 84.7 Å². The molecule has 72 valence electrons. The first kappa shape index (κ1) is 10.5. The Kier molecular flexibility index (Phi) is 3.67. The van der Waals surface area contributed by atoms with Crippen LogP contribution in [0.4, 0.5) is 5.69 Å². The van der Waals surface area contributed by atoms with Gasteiger partial charge in [0.1, 0.15) is 0 Å². The van der Waals surface area contributed by atoms with E-state index in [0.29, 0.717) is 11.2 Å². The lowest BCUT2D eigenvalue weighted by molar-refractivity contribution is 0.642. The zero-order chi connectivity index (χ0) is 9.84. The van der Waals surface area contributed by atoms with Crippen molar-refractivity contribution in [3.8, 4) is 0 Å². The van der Waals surface area contributed by atoms with Crippen molar-refractivity contribution in [2.24, 2.45) is 5.92 Å². The fourth-order valence-electron chi connectivity index (χ4n) is 0.897. The second-order valence-corrected chi connectivity index (χ2v) is 5.09. The first-order valence-corrected chi connectivity index (χ1v) is 5.49. The maximum Gasteiger partial charge on any atom is 0.0314 e. The molecule has 0 radical (unpaired) electrons. The van der Waals surface area contributed by atoms with Crippen LogP contribution in [0.15, 0.2) is 29.2 Å². The lowest BCUT2D eigenvalue weighted by Crippen LogP contribution is -2.04. The van der Waals surface area contributed by atoms with Crippen LogP contribution in [0.3, 0.4) is 0 Å². The number of benzene rings is 1. The van der Waals surface area contributed by atoms with E-state index in [2.05, 4.69) is 32.9 Å². The molecule has 2 heteroatoms. The van der Waals surface area contributed by atoms with Crippen LogP contribution in [0.25, 0.3) is 0 Å². The van der Waals surface area contributed by atoms with E-state index in [4.69, 9.17) is 5.73 Å². The maximum atomic E-state index is 5.61. The quantitative estimate of drug-likeness (QED) is 0.591. The van der Waals surface area contributed by atoms with Gasteiger partial charge in [0, 0.05) is 15.8 Å². The average Bonchev–Trinajstić information content (AvgIpc) is 2.08. The summed E-state index contributed by atoms with van der Waals surface area (Å²) >= 11 is 1.90. The highest BCUT2D eigenvalue weighted by molar-refractivity contribution is 8.00. The summed E-state index contributed by atoms with van der Waals surface area (Å²) in [7, 11) is 0. The molecule has 0 fully saturated rings. The summed E-state index contributed by atoms with van der Waals surface area (Å²) in [5.41, 5.74) is 6.44. The molecule has 13 heavy (non-hydrogen) atoms. The van der Waals surface area contributed by atoms with Crippen molar-refractivity contribution in [2.75, 3.05) is 5.73 Å². The second-order valence-electron chi connectivity index (χ2n) is 3.64. The Hall–Kier alpha value is -0.630. The molecule has 0 aromatic heterocycles. The van der Waals surface area contributed by atoms with Crippen LogP contribution < -0.4 is 5.73 Å². The molecule has 2 N–H and O–H groups in total. The van der Waals surface area contributed by atoms with Gasteiger partial charge in [-0.15, -0.1) is 11.8 Å². The van der Waals surface area contributed by atoms with Gasteiger partial charge >= 0.3 is 0 Å². The average molecular weight is 195 g/mol. The van der Waals surface area contributed by atoms with Gasteiger partial charge in [0.25, 0.3) is 0 Å². The summed E-state index contributed by atoms with van der Waals surface area (Å²) in [4.78, 5) is 1.30. The van der Waals surface area contributed by atoms with E-state index in [1.54, 1.807) is 0 Å². The molecule has 0 saturated heterocycles. The van der Waals surface area contributed by atoms with E-state index >= 15 is 0 Å². The summed E-state index contributed by atoms with van der Waals surface area (Å²) in [6.45, 7) is 6.75. The van der Waals surface area contributed by atoms with E-state index in [9.17, 15) is 0 Å². The van der Waals surface area contributed by atoms with Crippen LogP contribution >= 0.6 is 11.8 Å². The third-order valence-corrected chi connectivity index (χ3v) is 3.60. The maximum absolute atomic E-state index is 5.61. The van der Waals surface area contributed by atoms with Crippen molar-refractivity contribution in [1.82, 2.24) is 0 Å². The van der Waals surface area contributed by atoms with E-state index < -0.39 is 0 Å². The summed E-state index contributed by atoms with van der Waals surface area (Å²) < 4.78 is 0. The number of hydrogen-bond acceptors (Lipinski definition) is 2. The highest BCUT2D eigenvalue weighted by Gasteiger charge is 2.07. The van der Waals surface area contributed by atoms with Crippen molar-refractivity contribution in [3.05, 3.63) is 24.3 Å². The molecule has 0 amide bonds. The van der Waals surface area contributed by atoms with E-state index in [1.165, 1.54) is 4.90 Å². The molecule has 1 aromatic carbocycles. The Morgan fingerprint density at radius 3 is 2.08 bits per heavy atom. The van der Waals surface area contributed by atoms with Gasteiger partial charge in [0.15, 0.2) is 0 Å². The van der Waals surface area contributed by atoms with Crippen molar-refractivity contribution in [1.29, 1.82) is 0 Å². The molecule has 1 atom stereocenters. The van der Waals surface area contributed by atoms with Crippen LogP contribution in [-0.2, 0) is 0 Å². The molecular weight excluding hydrogens is 178 g/mol. The fourth-order valence-corrected chi connectivity index (χ4v) is 1.89. The summed E-state index contributed by atoms with van der Waals surface area (Å²) in [5.74, 6) is 0.711. The molecule has 0 saturated carbocycles. The van der Waals surface area contributed by atoms with Crippen LogP contribution in [0.5, 0.6) is 0 Å². The highest BCUT2D eigenvalue weighted by Crippen LogP contribution is 2.27. The molecule has 0 bridgehead atoms. The van der Waals surface area contributed by atoms with Gasteiger partial charge in [0.05, 0.1) is 0 Å². The van der Waals surface area contributed by atoms with Gasteiger partial charge in [-0.25, -0.2) is 0 Å². The van der Waals surface area contributed by atoms with Gasteiger partial charge in [-0.2, -0.15) is 0 Å². The second kappa shape index (κ2) is 4.56. The number of thioether (sulfide) groups is 1. The monoisotopic (exact) mass is 195 g/mol. The normalized spacial score (nSPS) is 13.2. The van der Waals surface area contributed by atoms with Gasteiger partial charge in [-0.05, 0) is 30.2 Å². The molecule has 0 spiro atoms. The first-order chi connectivity index (χ1) is 6.09. The number of rotatable bonds is 3. The lowest BCUT2D eigenvalue weighted by Gasteiger charge is -2.14. The molecule has 0 heterocycles. The lowest BCUT2D eigenvalue weighted by atomic mass is 10.2. The molecule has 0 aliphatic rings. The predicted octanol–water partition coefficient (Wildman–Crippen LogP) is 3.41. The Bertz CT molecular complexity index is 253. The predicted molar refractivity (Wildman–Crippen MR) is 61.0 cm³/mol. The number of nitrogen functional groups attached to an aromatic ring is 1. The van der Waals surface area contributed by atoms with Gasteiger partial charge in [-0.1, -0.05) is 20.8 Å². The molecule has 1 unspecified atom stereocenters. The van der Waals surface area contributed by atoms with Gasteiger partial charge in [-0.3, -0.25) is 0 Å². The van der Waals surface area contributed by atoms with Crippen LogP contribution in [-0.4, -0.2) is 5.25 Å². The summed E-state index contributed by atoms with van der Waals surface area (Å²) in [5, 5.41) is 0.656. The van der Waals surface area contributed by atoms with E-state index in [0.717, 1.165) is 5.69 Å². The highest BCUT2D eigenvalue weighted by atomic mass is 32.2. The topological polar surface area (TPSA) is 26.0 Å². The van der Waals surface area contributed by atoms with E-state index in [1.807, 2.05) is 23.9 Å². The van der Waals surface area contributed by atoms with E-state index in [-0.39, 0.29) is 0 Å².